The Hall–Kier alpha value is -0.393. The molecule has 13 heavy (non-hydrogen) atoms. The van der Waals surface area contributed by atoms with Crippen molar-refractivity contribution in [3.63, 3.8) is 0 Å². The minimum absolute atomic E-state index is 0.0329. The molecule has 0 atom stereocenters. The zero-order valence-corrected chi connectivity index (χ0v) is 9.50. The van der Waals surface area contributed by atoms with Gasteiger partial charge < -0.3 is 14.0 Å². The molecule has 0 amide bonds. The van der Waals surface area contributed by atoms with Gasteiger partial charge in [0.25, 0.3) is 0 Å². The molecule has 0 aliphatic rings. The van der Waals surface area contributed by atoms with Crippen LogP contribution in [-0.2, 0) is 13.6 Å². The summed E-state index contributed by atoms with van der Waals surface area (Å²) in [5, 5.41) is 8.71. The number of carboxylic acid groups (broad SMARTS) is 1. The van der Waals surface area contributed by atoms with Gasteiger partial charge in [-0.25, -0.2) is 0 Å². The third kappa shape index (κ3) is 4.40. The van der Waals surface area contributed by atoms with Gasteiger partial charge in [-0.05, 0) is 19.9 Å². The van der Waals surface area contributed by atoms with E-state index in [4.69, 9.17) is 14.0 Å². The van der Waals surface area contributed by atoms with Crippen LogP contribution in [0.1, 0.15) is 20.8 Å². The van der Waals surface area contributed by atoms with Gasteiger partial charge in [-0.1, -0.05) is 6.92 Å². The molecular weight excluding hydrogens is 188 g/mol. The summed E-state index contributed by atoms with van der Waals surface area (Å²) in [5.74, 6) is -0.838. The lowest BCUT2D eigenvalue weighted by Gasteiger charge is -2.27. The van der Waals surface area contributed by atoms with Gasteiger partial charge in [-0.3, -0.25) is 4.79 Å². The largest absolute Gasteiger partial charge is 0.481 e. The molecule has 0 unspecified atom stereocenters. The van der Waals surface area contributed by atoms with Crippen LogP contribution in [-0.4, -0.2) is 32.9 Å². The van der Waals surface area contributed by atoms with Gasteiger partial charge in [0.05, 0.1) is 6.04 Å². The lowest BCUT2D eigenvalue weighted by Crippen LogP contribution is -2.43. The Morgan fingerprint density at radius 1 is 1.23 bits per heavy atom. The van der Waals surface area contributed by atoms with Crippen LogP contribution in [0.15, 0.2) is 0 Å². The Balaban J connectivity index is 4.33. The highest BCUT2D eigenvalue weighted by atomic mass is 28.4. The highest BCUT2D eigenvalue weighted by molar-refractivity contribution is 6.70. The van der Waals surface area contributed by atoms with E-state index in [1.54, 1.807) is 0 Å². The van der Waals surface area contributed by atoms with Crippen LogP contribution in [0.2, 0.25) is 12.1 Å². The summed E-state index contributed by atoms with van der Waals surface area (Å²) in [4.78, 5) is 10.6. The number of hydrogen-bond acceptors (Lipinski definition) is 3. The zero-order chi connectivity index (χ0) is 10.3. The Kier molecular flexibility index (Phi) is 5.94. The minimum atomic E-state index is -2.43. The van der Waals surface area contributed by atoms with Gasteiger partial charge in [0, 0.05) is 13.2 Å². The fraction of sp³-hybridized carbons (Fsp3) is 0.875. The monoisotopic (exact) mass is 206 g/mol. The summed E-state index contributed by atoms with van der Waals surface area (Å²) in [7, 11) is -2.43. The zero-order valence-electron chi connectivity index (χ0n) is 8.50. The molecule has 0 aromatic rings. The first-order chi connectivity index (χ1) is 6.10. The molecule has 1 N–H and O–H groups in total. The number of rotatable bonds is 7. The average Bonchev–Trinajstić information content (AvgIpc) is 2.04. The molecule has 0 aliphatic heterocycles. The van der Waals surface area contributed by atoms with Crippen molar-refractivity contribution in [3.8, 4) is 0 Å². The highest BCUT2D eigenvalue weighted by Gasteiger charge is 2.37. The summed E-state index contributed by atoms with van der Waals surface area (Å²) >= 11 is 0. The van der Waals surface area contributed by atoms with Crippen molar-refractivity contribution < 1.29 is 18.8 Å². The Labute approximate surface area is 80.1 Å². The first kappa shape index (κ1) is 12.6. The van der Waals surface area contributed by atoms with E-state index < -0.39 is 14.5 Å². The molecule has 0 bridgehead atoms. The van der Waals surface area contributed by atoms with Crippen molar-refractivity contribution in [1.29, 1.82) is 0 Å². The molecule has 0 spiro atoms. The number of carboxylic acids is 1. The van der Waals surface area contributed by atoms with Crippen LogP contribution in [0.3, 0.4) is 0 Å². The predicted octanol–water partition coefficient (Wildman–Crippen LogP) is 1.61. The van der Waals surface area contributed by atoms with E-state index in [9.17, 15) is 4.79 Å². The van der Waals surface area contributed by atoms with Gasteiger partial charge >= 0.3 is 14.5 Å². The smallest absolute Gasteiger partial charge is 0.349 e. The van der Waals surface area contributed by atoms with Gasteiger partial charge in [0.1, 0.15) is 0 Å². The second kappa shape index (κ2) is 6.12. The highest BCUT2D eigenvalue weighted by Crippen LogP contribution is 2.18. The van der Waals surface area contributed by atoms with Crippen molar-refractivity contribution in [2.75, 3.05) is 13.2 Å². The average molecular weight is 206 g/mol. The molecule has 0 radical (unpaired) electrons. The van der Waals surface area contributed by atoms with E-state index in [0.717, 1.165) is 0 Å². The third-order valence-corrected chi connectivity index (χ3v) is 5.32. The van der Waals surface area contributed by atoms with E-state index in [1.165, 1.54) is 0 Å². The maximum Gasteiger partial charge on any atom is 0.349 e. The second-order valence-electron chi connectivity index (χ2n) is 2.70. The number of carbonyl (C=O) groups is 1. The molecule has 0 aromatic carbocycles. The molecule has 0 saturated heterocycles. The molecule has 0 aromatic heterocycles. The maximum atomic E-state index is 10.6. The fourth-order valence-electron chi connectivity index (χ4n) is 1.23. The summed E-state index contributed by atoms with van der Waals surface area (Å²) < 4.78 is 10.9. The molecule has 0 heterocycles. The van der Waals surface area contributed by atoms with Crippen LogP contribution in [0.25, 0.3) is 0 Å². The second-order valence-corrected chi connectivity index (χ2v) is 6.16. The Morgan fingerprint density at radius 3 is 1.92 bits per heavy atom. The normalized spacial score (nSPS) is 11.6. The maximum absolute atomic E-state index is 10.6. The minimum Gasteiger partial charge on any atom is -0.481 e. The topological polar surface area (TPSA) is 55.8 Å². The quantitative estimate of drug-likeness (QED) is 0.643. The van der Waals surface area contributed by atoms with Crippen molar-refractivity contribution >= 4 is 14.5 Å². The SMILES string of the molecule is CCO[Si](CC)(CC(=O)O)OCC. The molecule has 0 rings (SSSR count). The van der Waals surface area contributed by atoms with Gasteiger partial charge in [0.15, 0.2) is 0 Å². The van der Waals surface area contributed by atoms with Crippen LogP contribution in [0.4, 0.5) is 0 Å². The van der Waals surface area contributed by atoms with Gasteiger partial charge in [-0.2, -0.15) is 0 Å². The predicted molar refractivity (Wildman–Crippen MR) is 51.9 cm³/mol. The van der Waals surface area contributed by atoms with Crippen molar-refractivity contribution in [1.82, 2.24) is 0 Å². The summed E-state index contributed by atoms with van der Waals surface area (Å²) in [6, 6.07) is 0.714. The molecule has 78 valence electrons. The van der Waals surface area contributed by atoms with E-state index >= 15 is 0 Å². The van der Waals surface area contributed by atoms with Crippen LogP contribution in [0.5, 0.6) is 0 Å². The Morgan fingerprint density at radius 2 is 1.69 bits per heavy atom. The molecule has 0 fully saturated rings. The number of hydrogen-bond donors (Lipinski definition) is 1. The summed E-state index contributed by atoms with van der Waals surface area (Å²) in [6.45, 7) is 6.68. The lowest BCUT2D eigenvalue weighted by atomic mass is 10.8. The van der Waals surface area contributed by atoms with Gasteiger partial charge in [-0.15, -0.1) is 0 Å². The first-order valence-corrected chi connectivity index (χ1v) is 6.83. The van der Waals surface area contributed by atoms with Crippen molar-refractivity contribution in [3.05, 3.63) is 0 Å². The number of aliphatic carboxylic acids is 1. The van der Waals surface area contributed by atoms with Crippen LogP contribution < -0.4 is 0 Å². The van der Waals surface area contributed by atoms with Crippen molar-refractivity contribution in [2.45, 2.75) is 32.9 Å². The molecule has 4 nitrogen and oxygen atoms in total. The molecular formula is C8H18O4Si. The van der Waals surface area contributed by atoms with Gasteiger partial charge in [0.2, 0.25) is 0 Å². The van der Waals surface area contributed by atoms with Crippen LogP contribution in [0, 0.1) is 0 Å². The molecule has 5 heteroatoms. The third-order valence-electron chi connectivity index (χ3n) is 1.77. The standard InChI is InChI=1S/C8H18O4Si/c1-4-11-13(6-3,12-5-2)7-8(9)10/h4-7H2,1-3H3,(H,9,10). The molecule has 0 aliphatic carbocycles. The Bertz CT molecular complexity index is 154. The lowest BCUT2D eigenvalue weighted by molar-refractivity contribution is -0.135. The first-order valence-electron chi connectivity index (χ1n) is 4.60. The van der Waals surface area contributed by atoms with E-state index in [2.05, 4.69) is 0 Å². The summed E-state index contributed by atoms with van der Waals surface area (Å²) in [6.07, 6.45) is 0. The summed E-state index contributed by atoms with van der Waals surface area (Å²) in [5.41, 5.74) is 0. The fourth-order valence-corrected chi connectivity index (χ4v) is 3.69. The van der Waals surface area contributed by atoms with E-state index in [0.29, 0.717) is 19.3 Å². The van der Waals surface area contributed by atoms with E-state index in [-0.39, 0.29) is 6.04 Å². The molecule has 0 saturated carbocycles. The van der Waals surface area contributed by atoms with Crippen molar-refractivity contribution in [2.24, 2.45) is 0 Å². The van der Waals surface area contributed by atoms with E-state index in [1.807, 2.05) is 20.8 Å². The van der Waals surface area contributed by atoms with Crippen LogP contribution >= 0.6 is 0 Å².